The van der Waals surface area contributed by atoms with Crippen molar-refractivity contribution in [1.29, 1.82) is 0 Å². The van der Waals surface area contributed by atoms with Crippen molar-refractivity contribution in [3.05, 3.63) is 12.2 Å². The molecule has 0 aromatic carbocycles. The lowest BCUT2D eigenvalue weighted by atomic mass is 9.73. The molecule has 4 nitrogen and oxygen atoms in total. The first kappa shape index (κ1) is 16.7. The van der Waals surface area contributed by atoms with Crippen LogP contribution in [-0.2, 0) is 9.59 Å². The average Bonchev–Trinajstić information content (AvgIpc) is 2.42. The molecule has 0 spiro atoms. The molecule has 0 bridgehead atoms. The van der Waals surface area contributed by atoms with Crippen molar-refractivity contribution in [1.82, 2.24) is 0 Å². The zero-order chi connectivity index (χ0) is 15.0. The Labute approximate surface area is 120 Å². The fourth-order valence-electron chi connectivity index (χ4n) is 3.03. The predicted octanol–water partition coefficient (Wildman–Crippen LogP) is 3.71. The van der Waals surface area contributed by atoms with Crippen molar-refractivity contribution in [2.24, 2.45) is 17.8 Å². The van der Waals surface area contributed by atoms with E-state index in [2.05, 4.69) is 6.92 Å². The maximum Gasteiger partial charge on any atom is 0.311 e. The third-order valence-electron chi connectivity index (χ3n) is 4.18. The highest BCUT2D eigenvalue weighted by Crippen LogP contribution is 2.34. The van der Waals surface area contributed by atoms with Gasteiger partial charge in [-0.2, -0.15) is 0 Å². The van der Waals surface area contributed by atoms with Crippen molar-refractivity contribution < 1.29 is 19.8 Å². The fraction of sp³-hybridized carbons (Fsp3) is 0.750. The van der Waals surface area contributed by atoms with Gasteiger partial charge in [0.05, 0.1) is 11.8 Å². The van der Waals surface area contributed by atoms with Crippen LogP contribution in [0.5, 0.6) is 0 Å². The molecule has 0 saturated heterocycles. The molecule has 0 aliphatic heterocycles. The number of allylic oxidation sites excluding steroid dienone is 1. The standard InChI is InChI=1S/C16H26O4/c1-2-3-4-5-6-7-9-12-10-8-11-13(15(17)18)14(12)16(19)20/h8,11-14H,2-7,9-10H2,1H3,(H,17,18)(H,19,20). The molecular formula is C16H26O4. The number of hydrogen-bond donors (Lipinski definition) is 2. The Morgan fingerprint density at radius 2 is 1.70 bits per heavy atom. The maximum atomic E-state index is 11.4. The van der Waals surface area contributed by atoms with Gasteiger partial charge in [-0.15, -0.1) is 0 Å². The van der Waals surface area contributed by atoms with Crippen LogP contribution in [0.1, 0.15) is 58.3 Å². The van der Waals surface area contributed by atoms with Crippen LogP contribution in [0.25, 0.3) is 0 Å². The van der Waals surface area contributed by atoms with E-state index in [9.17, 15) is 14.7 Å². The molecule has 20 heavy (non-hydrogen) atoms. The molecule has 0 heterocycles. The highest BCUT2D eigenvalue weighted by molar-refractivity contribution is 5.82. The highest BCUT2D eigenvalue weighted by Gasteiger charge is 2.39. The first-order valence-electron chi connectivity index (χ1n) is 7.70. The number of carbonyl (C=O) groups is 2. The van der Waals surface area contributed by atoms with Gasteiger partial charge in [0.25, 0.3) is 0 Å². The van der Waals surface area contributed by atoms with E-state index in [-0.39, 0.29) is 5.92 Å². The predicted molar refractivity (Wildman–Crippen MR) is 77.5 cm³/mol. The molecule has 0 saturated carbocycles. The second-order valence-corrected chi connectivity index (χ2v) is 5.71. The van der Waals surface area contributed by atoms with Gasteiger partial charge in [-0.25, -0.2) is 0 Å². The van der Waals surface area contributed by atoms with Crippen LogP contribution in [0.15, 0.2) is 12.2 Å². The molecule has 3 unspecified atom stereocenters. The number of carboxylic acids is 2. The monoisotopic (exact) mass is 282 g/mol. The normalized spacial score (nSPS) is 25.6. The van der Waals surface area contributed by atoms with Crippen molar-refractivity contribution in [3.63, 3.8) is 0 Å². The summed E-state index contributed by atoms with van der Waals surface area (Å²) in [6.07, 6.45) is 11.9. The SMILES string of the molecule is CCCCCCCCC1CC=CC(C(=O)O)C1C(=O)O. The van der Waals surface area contributed by atoms with Gasteiger partial charge in [-0.3, -0.25) is 9.59 Å². The quantitative estimate of drug-likeness (QED) is 0.499. The third-order valence-corrected chi connectivity index (χ3v) is 4.18. The summed E-state index contributed by atoms with van der Waals surface area (Å²) in [6.45, 7) is 2.18. The van der Waals surface area contributed by atoms with Crippen molar-refractivity contribution in [2.45, 2.75) is 58.3 Å². The van der Waals surface area contributed by atoms with Gasteiger partial charge < -0.3 is 10.2 Å². The lowest BCUT2D eigenvalue weighted by Crippen LogP contribution is -2.36. The van der Waals surface area contributed by atoms with Crippen LogP contribution < -0.4 is 0 Å². The fourth-order valence-corrected chi connectivity index (χ4v) is 3.03. The Morgan fingerprint density at radius 1 is 1.05 bits per heavy atom. The summed E-state index contributed by atoms with van der Waals surface area (Å²) in [7, 11) is 0. The molecule has 3 atom stereocenters. The zero-order valence-electron chi connectivity index (χ0n) is 12.3. The van der Waals surface area contributed by atoms with E-state index < -0.39 is 23.8 Å². The molecule has 114 valence electrons. The Bertz CT molecular complexity index is 348. The first-order valence-corrected chi connectivity index (χ1v) is 7.70. The molecule has 1 aliphatic carbocycles. The Hall–Kier alpha value is -1.32. The van der Waals surface area contributed by atoms with Gasteiger partial charge in [0.2, 0.25) is 0 Å². The maximum absolute atomic E-state index is 11.4. The van der Waals surface area contributed by atoms with Gasteiger partial charge >= 0.3 is 11.9 Å². The molecule has 0 aromatic heterocycles. The molecule has 0 fully saturated rings. The van der Waals surface area contributed by atoms with E-state index in [1.807, 2.05) is 6.08 Å². The van der Waals surface area contributed by atoms with Gasteiger partial charge in [0.1, 0.15) is 0 Å². The molecule has 0 radical (unpaired) electrons. The van der Waals surface area contributed by atoms with E-state index >= 15 is 0 Å². The summed E-state index contributed by atoms with van der Waals surface area (Å²) >= 11 is 0. The smallest absolute Gasteiger partial charge is 0.311 e. The molecule has 1 aliphatic rings. The highest BCUT2D eigenvalue weighted by atomic mass is 16.4. The largest absolute Gasteiger partial charge is 0.481 e. The average molecular weight is 282 g/mol. The van der Waals surface area contributed by atoms with Gasteiger partial charge in [0.15, 0.2) is 0 Å². The summed E-state index contributed by atoms with van der Waals surface area (Å²) in [5, 5.41) is 18.4. The Balaban J connectivity index is 2.45. The minimum atomic E-state index is -1.03. The Morgan fingerprint density at radius 3 is 2.30 bits per heavy atom. The molecule has 4 heteroatoms. The lowest BCUT2D eigenvalue weighted by molar-refractivity contribution is -0.154. The van der Waals surface area contributed by atoms with Crippen LogP contribution in [0.2, 0.25) is 0 Å². The van der Waals surface area contributed by atoms with Crippen LogP contribution in [0.4, 0.5) is 0 Å². The summed E-state index contributed by atoms with van der Waals surface area (Å²) in [4.78, 5) is 22.5. The van der Waals surface area contributed by atoms with Crippen LogP contribution in [0.3, 0.4) is 0 Å². The molecule has 1 rings (SSSR count). The van der Waals surface area contributed by atoms with Crippen molar-refractivity contribution >= 4 is 11.9 Å². The number of hydrogen-bond acceptors (Lipinski definition) is 2. The topological polar surface area (TPSA) is 74.6 Å². The van der Waals surface area contributed by atoms with Crippen LogP contribution in [0, 0.1) is 17.8 Å². The number of aliphatic carboxylic acids is 2. The van der Waals surface area contributed by atoms with E-state index in [4.69, 9.17) is 5.11 Å². The summed E-state index contributed by atoms with van der Waals surface area (Å²) in [5.41, 5.74) is 0. The molecule has 0 amide bonds. The van der Waals surface area contributed by atoms with E-state index in [0.717, 1.165) is 19.3 Å². The molecule has 0 aromatic rings. The molecular weight excluding hydrogens is 256 g/mol. The van der Waals surface area contributed by atoms with E-state index in [1.165, 1.54) is 25.7 Å². The minimum absolute atomic E-state index is 0.0372. The van der Waals surface area contributed by atoms with Gasteiger partial charge in [0, 0.05) is 0 Å². The van der Waals surface area contributed by atoms with E-state index in [0.29, 0.717) is 6.42 Å². The number of carboxylic acid groups (broad SMARTS) is 2. The Kier molecular flexibility index (Phi) is 7.34. The zero-order valence-corrected chi connectivity index (χ0v) is 12.3. The van der Waals surface area contributed by atoms with Crippen molar-refractivity contribution in [2.75, 3.05) is 0 Å². The van der Waals surface area contributed by atoms with Crippen LogP contribution in [-0.4, -0.2) is 22.2 Å². The lowest BCUT2D eigenvalue weighted by Gasteiger charge is -2.29. The van der Waals surface area contributed by atoms with Crippen LogP contribution >= 0.6 is 0 Å². The van der Waals surface area contributed by atoms with Crippen molar-refractivity contribution in [3.8, 4) is 0 Å². The number of rotatable bonds is 9. The summed E-state index contributed by atoms with van der Waals surface area (Å²) in [5.74, 6) is -3.68. The summed E-state index contributed by atoms with van der Waals surface area (Å²) in [6, 6.07) is 0. The van der Waals surface area contributed by atoms with Gasteiger partial charge in [-0.05, 0) is 18.8 Å². The second kappa shape index (κ2) is 8.77. The third kappa shape index (κ3) is 4.99. The number of unbranched alkanes of at least 4 members (excludes halogenated alkanes) is 5. The second-order valence-electron chi connectivity index (χ2n) is 5.71. The minimum Gasteiger partial charge on any atom is -0.481 e. The van der Waals surface area contributed by atoms with Gasteiger partial charge in [-0.1, -0.05) is 57.6 Å². The van der Waals surface area contributed by atoms with E-state index in [1.54, 1.807) is 6.08 Å². The first-order chi connectivity index (χ1) is 9.57. The molecule has 2 N–H and O–H groups in total. The summed E-state index contributed by atoms with van der Waals surface area (Å²) < 4.78 is 0.